The Morgan fingerprint density at radius 1 is 1.32 bits per heavy atom. The monoisotopic (exact) mass is 325 g/mol. The fourth-order valence-corrected chi connectivity index (χ4v) is 2.48. The summed E-state index contributed by atoms with van der Waals surface area (Å²) < 4.78 is 0.983. The number of carbonyl (C=O) groups excluding carboxylic acids is 2. The molecule has 0 aromatic heterocycles. The molecule has 1 aliphatic rings. The molecule has 0 unspecified atom stereocenters. The minimum atomic E-state index is -0.256. The van der Waals surface area contributed by atoms with Crippen LogP contribution < -0.4 is 15.5 Å². The third-order valence-corrected chi connectivity index (χ3v) is 3.39. The fraction of sp³-hybridized carbons (Fsp3) is 0.385. The summed E-state index contributed by atoms with van der Waals surface area (Å²) in [5.74, 6) is -0.512. The second-order valence-electron chi connectivity index (χ2n) is 4.38. The number of rotatable bonds is 4. The highest BCUT2D eigenvalue weighted by Crippen LogP contribution is 2.25. The Bertz CT molecular complexity index is 489. The van der Waals surface area contributed by atoms with Crippen molar-refractivity contribution in [1.82, 2.24) is 10.6 Å². The molecule has 0 radical (unpaired) electrons. The molecule has 1 saturated heterocycles. The summed E-state index contributed by atoms with van der Waals surface area (Å²) in [5.41, 5.74) is 1.99. The van der Waals surface area contributed by atoms with Crippen LogP contribution in [0.25, 0.3) is 0 Å². The summed E-state index contributed by atoms with van der Waals surface area (Å²) in [5, 5.41) is 5.57. The molecule has 5 nitrogen and oxygen atoms in total. The Morgan fingerprint density at radius 2 is 2.00 bits per heavy atom. The lowest BCUT2D eigenvalue weighted by Crippen LogP contribution is -2.51. The maximum Gasteiger partial charge on any atom is 0.246 e. The number of halogens is 1. The molecule has 1 heterocycles. The predicted molar refractivity (Wildman–Crippen MR) is 76.9 cm³/mol. The van der Waals surface area contributed by atoms with Gasteiger partial charge in [0.15, 0.2) is 0 Å². The van der Waals surface area contributed by atoms with Gasteiger partial charge in [0.1, 0.15) is 0 Å². The van der Waals surface area contributed by atoms with Crippen molar-refractivity contribution in [3.05, 3.63) is 28.2 Å². The van der Waals surface area contributed by atoms with E-state index >= 15 is 0 Å². The highest BCUT2D eigenvalue weighted by Gasteiger charge is 2.24. The molecule has 2 rings (SSSR count). The Morgan fingerprint density at radius 3 is 2.63 bits per heavy atom. The van der Waals surface area contributed by atoms with E-state index < -0.39 is 0 Å². The predicted octanol–water partition coefficient (Wildman–Crippen LogP) is 1.02. The average molecular weight is 326 g/mol. The minimum absolute atomic E-state index is 0.215. The first-order valence-electron chi connectivity index (χ1n) is 6.17. The van der Waals surface area contributed by atoms with Gasteiger partial charge in [-0.3, -0.25) is 14.9 Å². The Hall–Kier alpha value is -1.40. The van der Waals surface area contributed by atoms with E-state index in [1.807, 2.05) is 25.1 Å². The van der Waals surface area contributed by atoms with Gasteiger partial charge >= 0.3 is 0 Å². The summed E-state index contributed by atoms with van der Waals surface area (Å²) in [6, 6.07) is 5.86. The van der Waals surface area contributed by atoms with Crippen LogP contribution in [0.2, 0.25) is 0 Å². The first kappa shape index (κ1) is 14.0. The summed E-state index contributed by atoms with van der Waals surface area (Å²) in [6.45, 7) is 4.04. The molecule has 0 atom stereocenters. The molecule has 1 fully saturated rings. The molecular weight excluding hydrogens is 310 g/mol. The smallest absolute Gasteiger partial charge is 0.246 e. The lowest BCUT2D eigenvalue weighted by atomic mass is 10.1. The van der Waals surface area contributed by atoms with Gasteiger partial charge in [-0.05, 0) is 30.3 Å². The van der Waals surface area contributed by atoms with Gasteiger partial charge in [0, 0.05) is 16.7 Å². The number of nitrogens with zero attached hydrogens (tertiary/aromatic N) is 1. The molecule has 102 valence electrons. The van der Waals surface area contributed by atoms with Crippen LogP contribution in [0.4, 0.5) is 5.69 Å². The molecular formula is C13H16BrN3O2. The van der Waals surface area contributed by atoms with Crippen LogP contribution in [0.3, 0.4) is 0 Å². The summed E-state index contributed by atoms with van der Waals surface area (Å²) >= 11 is 3.44. The molecule has 0 bridgehead atoms. The number of anilines is 1. The number of imide groups is 1. The lowest BCUT2D eigenvalue weighted by molar-refractivity contribution is -0.130. The first-order chi connectivity index (χ1) is 9.10. The number of carbonyl (C=O) groups is 2. The molecule has 1 aromatic rings. The molecule has 19 heavy (non-hydrogen) atoms. The van der Waals surface area contributed by atoms with Crippen LogP contribution >= 0.6 is 15.9 Å². The van der Waals surface area contributed by atoms with E-state index in [-0.39, 0.29) is 24.9 Å². The van der Waals surface area contributed by atoms with E-state index in [0.717, 1.165) is 22.3 Å². The first-order valence-corrected chi connectivity index (χ1v) is 6.96. The summed E-state index contributed by atoms with van der Waals surface area (Å²) in [6.07, 6.45) is 0. The number of benzene rings is 1. The van der Waals surface area contributed by atoms with Crippen molar-refractivity contribution in [3.63, 3.8) is 0 Å². The molecule has 2 N–H and O–H groups in total. The van der Waals surface area contributed by atoms with Crippen LogP contribution in [-0.4, -0.2) is 31.4 Å². The van der Waals surface area contributed by atoms with E-state index in [4.69, 9.17) is 0 Å². The topological polar surface area (TPSA) is 61.4 Å². The molecule has 0 spiro atoms. The normalized spacial score (nSPS) is 15.6. The molecule has 1 aromatic carbocycles. The van der Waals surface area contributed by atoms with Crippen LogP contribution in [-0.2, 0) is 16.1 Å². The largest absolute Gasteiger partial charge is 0.353 e. The van der Waals surface area contributed by atoms with Crippen LogP contribution in [0.5, 0.6) is 0 Å². The third-order valence-electron chi connectivity index (χ3n) is 2.90. The van der Waals surface area contributed by atoms with Gasteiger partial charge in [-0.25, -0.2) is 0 Å². The Labute approximate surface area is 120 Å². The van der Waals surface area contributed by atoms with Crippen LogP contribution in [0.1, 0.15) is 12.5 Å². The van der Waals surface area contributed by atoms with E-state index in [0.29, 0.717) is 6.54 Å². The van der Waals surface area contributed by atoms with Gasteiger partial charge in [-0.15, -0.1) is 0 Å². The van der Waals surface area contributed by atoms with Gasteiger partial charge < -0.3 is 10.2 Å². The van der Waals surface area contributed by atoms with Gasteiger partial charge in [0.25, 0.3) is 0 Å². The lowest BCUT2D eigenvalue weighted by Gasteiger charge is -2.29. The maximum atomic E-state index is 11.5. The van der Waals surface area contributed by atoms with Crippen molar-refractivity contribution in [2.24, 2.45) is 0 Å². The average Bonchev–Trinajstić information content (AvgIpc) is 2.35. The van der Waals surface area contributed by atoms with Gasteiger partial charge in [0.05, 0.1) is 13.1 Å². The van der Waals surface area contributed by atoms with Crippen LogP contribution in [0, 0.1) is 0 Å². The zero-order chi connectivity index (χ0) is 13.8. The maximum absolute atomic E-state index is 11.5. The number of hydrogen-bond acceptors (Lipinski definition) is 4. The minimum Gasteiger partial charge on any atom is -0.353 e. The molecule has 2 amide bonds. The van der Waals surface area contributed by atoms with Crippen molar-refractivity contribution in [3.8, 4) is 0 Å². The highest BCUT2D eigenvalue weighted by molar-refractivity contribution is 9.10. The van der Waals surface area contributed by atoms with Crippen molar-refractivity contribution >= 4 is 33.4 Å². The Kier molecular flexibility index (Phi) is 4.55. The molecule has 1 aliphatic heterocycles. The zero-order valence-corrected chi connectivity index (χ0v) is 12.3. The molecule has 6 heteroatoms. The van der Waals surface area contributed by atoms with E-state index in [1.54, 1.807) is 4.90 Å². The number of nitrogens with one attached hydrogen (secondary N) is 2. The zero-order valence-electron chi connectivity index (χ0n) is 10.7. The second kappa shape index (κ2) is 6.16. The van der Waals surface area contributed by atoms with Gasteiger partial charge in [0.2, 0.25) is 11.8 Å². The molecule has 0 saturated carbocycles. The molecule has 0 aliphatic carbocycles. The van der Waals surface area contributed by atoms with Crippen molar-refractivity contribution in [1.29, 1.82) is 0 Å². The SMILES string of the molecule is CCNCc1cc(Br)ccc1N1CC(=O)NC(=O)C1. The van der Waals surface area contributed by atoms with Crippen LogP contribution in [0.15, 0.2) is 22.7 Å². The van der Waals surface area contributed by atoms with Gasteiger partial charge in [-0.2, -0.15) is 0 Å². The number of piperazine rings is 1. The second-order valence-corrected chi connectivity index (χ2v) is 5.30. The summed E-state index contributed by atoms with van der Waals surface area (Å²) in [4.78, 5) is 24.7. The Balaban J connectivity index is 2.27. The van der Waals surface area contributed by atoms with Crippen molar-refractivity contribution in [2.75, 3.05) is 24.5 Å². The third kappa shape index (κ3) is 3.54. The standard InChI is InChI=1S/C13H16BrN3O2/c1-2-15-6-9-5-10(14)3-4-11(9)17-7-12(18)16-13(19)8-17/h3-5,15H,2,6-8H2,1H3,(H,16,18,19). The quantitative estimate of drug-likeness (QED) is 0.811. The van der Waals surface area contributed by atoms with Crippen molar-refractivity contribution in [2.45, 2.75) is 13.5 Å². The van der Waals surface area contributed by atoms with E-state index in [9.17, 15) is 9.59 Å². The fourth-order valence-electron chi connectivity index (χ4n) is 2.07. The van der Waals surface area contributed by atoms with Crippen molar-refractivity contribution < 1.29 is 9.59 Å². The van der Waals surface area contributed by atoms with Gasteiger partial charge in [-0.1, -0.05) is 22.9 Å². The van der Waals surface area contributed by atoms with E-state index in [2.05, 4.69) is 26.6 Å². The summed E-state index contributed by atoms with van der Waals surface area (Å²) in [7, 11) is 0. The highest BCUT2D eigenvalue weighted by atomic mass is 79.9. The number of amides is 2. The number of hydrogen-bond donors (Lipinski definition) is 2. The van der Waals surface area contributed by atoms with E-state index in [1.165, 1.54) is 0 Å².